The molecule has 0 bridgehead atoms. The Kier molecular flexibility index (Phi) is 2.13. The molecule has 52 valence electrons. The molecule has 0 amide bonds. The van der Waals surface area contributed by atoms with Gasteiger partial charge in [-0.2, -0.15) is 0 Å². The van der Waals surface area contributed by atoms with Gasteiger partial charge in [-0.05, 0) is 0 Å². The topological polar surface area (TPSA) is 23.5 Å². The molecule has 0 radical (unpaired) electrons. The van der Waals surface area contributed by atoms with Gasteiger partial charge in [-0.25, -0.2) is 0 Å². The van der Waals surface area contributed by atoms with Gasteiger partial charge in [-0.15, -0.1) is 0 Å². The second-order valence-electron chi connectivity index (χ2n) is 1.98. The second-order valence-corrected chi connectivity index (χ2v) is 5.15. The van der Waals surface area contributed by atoms with Crippen molar-refractivity contribution in [1.29, 1.82) is 0 Å². The van der Waals surface area contributed by atoms with Crippen molar-refractivity contribution in [3.8, 4) is 0 Å². The molecule has 0 aromatic carbocycles. The predicted octanol–water partition coefficient (Wildman–Crippen LogP) is -1.50. The van der Waals surface area contributed by atoms with E-state index in [2.05, 4.69) is 6.08 Å². The Hall–Kier alpha value is -0.0300. The van der Waals surface area contributed by atoms with Gasteiger partial charge in [0.1, 0.15) is 0 Å². The van der Waals surface area contributed by atoms with Gasteiger partial charge in [0, 0.05) is 0 Å². The number of hydrogen-bond donors (Lipinski definition) is 1. The molecule has 2 nitrogen and oxygen atoms in total. The average molecular weight is 238 g/mol. The first-order chi connectivity index (χ1) is 4.18. The Morgan fingerprint density at radius 1 is 1.56 bits per heavy atom. The quantitative estimate of drug-likeness (QED) is 0.410. The van der Waals surface area contributed by atoms with Crippen LogP contribution in [0.2, 0.25) is 0 Å². The molecule has 0 saturated carbocycles. The van der Waals surface area contributed by atoms with Gasteiger partial charge >= 0.3 is 65.2 Å². The maximum atomic E-state index is 9.02. The van der Waals surface area contributed by atoms with Gasteiger partial charge in [0.15, 0.2) is 0 Å². The fraction of sp³-hybridized carbons (Fsp3) is 0.333. The Morgan fingerprint density at radius 2 is 2.22 bits per heavy atom. The second kappa shape index (κ2) is 2.70. The maximum absolute atomic E-state index is 9.02. The van der Waals surface area contributed by atoms with E-state index in [1.54, 1.807) is 6.20 Å². The monoisotopic (exact) mass is 238 g/mol. The van der Waals surface area contributed by atoms with E-state index >= 15 is 0 Å². The molecule has 1 aliphatic rings. The molecular weight excluding hydrogens is 229 g/mol. The molecule has 0 atom stereocenters. The molecule has 1 N–H and O–H groups in total. The number of rotatable bonds is 0. The molecule has 0 aliphatic carbocycles. The van der Waals surface area contributed by atoms with Crippen molar-refractivity contribution >= 4 is 0 Å². The van der Waals surface area contributed by atoms with Crippen molar-refractivity contribution in [3.63, 3.8) is 0 Å². The summed E-state index contributed by atoms with van der Waals surface area (Å²) in [6, 6.07) is 0. The number of halogens is 1. The summed E-state index contributed by atoms with van der Waals surface area (Å²) < 4.78 is 2.61. The first kappa shape index (κ1) is 7.08. The number of allylic oxidation sites excluding steroid dienone is 3. The van der Waals surface area contributed by atoms with Crippen molar-refractivity contribution < 1.29 is 26.7 Å². The predicted molar refractivity (Wildman–Crippen MR) is 31.1 cm³/mol. The number of hydroxylamine groups is 1. The van der Waals surface area contributed by atoms with E-state index in [0.29, 0.717) is 0 Å². The van der Waals surface area contributed by atoms with Crippen LogP contribution in [0, 0.1) is 0 Å². The molecular formula is C6H9INO-. The normalized spacial score (nSPS) is 20.1. The summed E-state index contributed by atoms with van der Waals surface area (Å²) in [6.07, 6.45) is 3.88. The molecule has 3 heteroatoms. The Balaban J connectivity index is 2.74. The van der Waals surface area contributed by atoms with E-state index in [-0.39, 0.29) is 21.5 Å². The van der Waals surface area contributed by atoms with E-state index in [9.17, 15) is 0 Å². The number of hydrogen-bond acceptors (Lipinski definition) is 2. The summed E-state index contributed by atoms with van der Waals surface area (Å²) in [6.45, 7) is 4.03. The minimum absolute atomic E-state index is 0.264. The zero-order chi connectivity index (χ0) is 6.85. The molecule has 1 heterocycles. The standard InChI is InChI=1S/C6H9INO/c1-5-3-6(2)7-8(9)4-5/h3-4,9H,1-2H3/q-1. The van der Waals surface area contributed by atoms with Gasteiger partial charge in [0.05, 0.1) is 0 Å². The van der Waals surface area contributed by atoms with Gasteiger partial charge in [-0.3, -0.25) is 0 Å². The van der Waals surface area contributed by atoms with E-state index in [0.717, 1.165) is 5.57 Å². The molecule has 0 unspecified atom stereocenters. The van der Waals surface area contributed by atoms with Crippen LogP contribution in [0.3, 0.4) is 0 Å². The third kappa shape index (κ3) is 1.98. The molecule has 9 heavy (non-hydrogen) atoms. The SMILES string of the molecule is CC1=CN(O)[I-]C(C)=C1. The van der Waals surface area contributed by atoms with E-state index < -0.39 is 0 Å². The van der Waals surface area contributed by atoms with Crippen molar-refractivity contribution in [2.45, 2.75) is 13.8 Å². The van der Waals surface area contributed by atoms with Crippen LogP contribution < -0.4 is 21.5 Å². The first-order valence-corrected chi connectivity index (χ1v) is 4.73. The van der Waals surface area contributed by atoms with Crippen molar-refractivity contribution in [2.24, 2.45) is 0 Å². The number of nitrogens with zero attached hydrogens (tertiary/aromatic N) is 1. The fourth-order valence-electron chi connectivity index (χ4n) is 0.704. The van der Waals surface area contributed by atoms with Crippen LogP contribution in [0.5, 0.6) is 0 Å². The van der Waals surface area contributed by atoms with Crippen LogP contribution >= 0.6 is 0 Å². The van der Waals surface area contributed by atoms with Crippen LogP contribution in [-0.2, 0) is 0 Å². The summed E-state index contributed by atoms with van der Waals surface area (Å²) in [4.78, 5) is 0. The molecule has 0 aromatic rings. The Morgan fingerprint density at radius 3 is 2.67 bits per heavy atom. The van der Waals surface area contributed by atoms with E-state index in [4.69, 9.17) is 5.21 Å². The summed E-state index contributed by atoms with van der Waals surface area (Å²) in [7, 11) is 0. The molecule has 1 rings (SSSR count). The van der Waals surface area contributed by atoms with Gasteiger partial charge in [0.25, 0.3) is 0 Å². The van der Waals surface area contributed by atoms with Crippen LogP contribution in [-0.4, -0.2) is 8.48 Å². The van der Waals surface area contributed by atoms with Gasteiger partial charge in [-0.1, -0.05) is 0 Å². The van der Waals surface area contributed by atoms with Crippen molar-refractivity contribution in [1.82, 2.24) is 3.28 Å². The van der Waals surface area contributed by atoms with Crippen molar-refractivity contribution in [3.05, 3.63) is 21.4 Å². The third-order valence-corrected chi connectivity index (χ3v) is 2.80. The molecule has 0 aromatic heterocycles. The first-order valence-electron chi connectivity index (χ1n) is 2.68. The zero-order valence-electron chi connectivity index (χ0n) is 5.43. The third-order valence-electron chi connectivity index (χ3n) is 0.957. The van der Waals surface area contributed by atoms with E-state index in [1.807, 2.05) is 13.8 Å². The van der Waals surface area contributed by atoms with Crippen LogP contribution in [0.25, 0.3) is 0 Å². The molecule has 0 saturated heterocycles. The van der Waals surface area contributed by atoms with Gasteiger partial charge in [0.2, 0.25) is 0 Å². The van der Waals surface area contributed by atoms with E-state index in [1.165, 1.54) is 6.86 Å². The Bertz CT molecular complexity index is 174. The van der Waals surface area contributed by atoms with Crippen LogP contribution in [0.4, 0.5) is 0 Å². The summed E-state index contributed by atoms with van der Waals surface area (Å²) in [5, 5.41) is 9.02. The van der Waals surface area contributed by atoms with Crippen LogP contribution in [0.1, 0.15) is 13.8 Å². The Labute approximate surface area is 65.4 Å². The average Bonchev–Trinajstić information content (AvgIpc) is 1.59. The molecule has 0 fully saturated rings. The summed E-state index contributed by atoms with van der Waals surface area (Å²) >= 11 is -0.264. The van der Waals surface area contributed by atoms with Crippen molar-refractivity contribution in [2.75, 3.05) is 0 Å². The summed E-state index contributed by atoms with van der Waals surface area (Å²) in [5.74, 6) is 0. The molecule has 0 spiro atoms. The fourth-order valence-corrected chi connectivity index (χ4v) is 2.69. The van der Waals surface area contributed by atoms with Gasteiger partial charge < -0.3 is 0 Å². The molecule has 1 aliphatic heterocycles. The summed E-state index contributed by atoms with van der Waals surface area (Å²) in [5.41, 5.74) is 1.13. The zero-order valence-corrected chi connectivity index (χ0v) is 7.58. The minimum atomic E-state index is -0.264. The van der Waals surface area contributed by atoms with Crippen LogP contribution in [0.15, 0.2) is 21.4 Å².